The summed E-state index contributed by atoms with van der Waals surface area (Å²) in [6.07, 6.45) is 1.75. The van der Waals surface area contributed by atoms with Gasteiger partial charge in [0.05, 0.1) is 22.1 Å². The first-order chi connectivity index (χ1) is 12.1. The fourth-order valence-electron chi connectivity index (χ4n) is 3.22. The number of hydrogen-bond acceptors (Lipinski definition) is 4. The fraction of sp³-hybridized carbons (Fsp3) is 0.278. The van der Waals surface area contributed by atoms with Crippen molar-refractivity contribution in [2.45, 2.75) is 25.1 Å². The second-order valence-corrected chi connectivity index (χ2v) is 7.42. The van der Waals surface area contributed by atoms with Crippen LogP contribution in [0.4, 0.5) is 5.82 Å². The molecule has 1 amide bonds. The number of aromatic amines is 1. The maximum Gasteiger partial charge on any atom is 0.270 e. The summed E-state index contributed by atoms with van der Waals surface area (Å²) >= 11 is 1.46. The quantitative estimate of drug-likeness (QED) is 0.741. The van der Waals surface area contributed by atoms with Crippen LogP contribution in [0.1, 0.15) is 36.3 Å². The zero-order chi connectivity index (χ0) is 17.6. The molecule has 2 aromatic heterocycles. The van der Waals surface area contributed by atoms with Crippen molar-refractivity contribution in [3.05, 3.63) is 58.0 Å². The van der Waals surface area contributed by atoms with Gasteiger partial charge in [-0.05, 0) is 25.5 Å². The summed E-state index contributed by atoms with van der Waals surface area (Å²) < 4.78 is 1.73. The Hall–Kier alpha value is -2.54. The van der Waals surface area contributed by atoms with Crippen LogP contribution in [0, 0.1) is 0 Å². The molecule has 6 nitrogen and oxygen atoms in total. The van der Waals surface area contributed by atoms with E-state index in [1.807, 2.05) is 44.2 Å². The average molecular weight is 354 g/mol. The predicted molar refractivity (Wildman–Crippen MR) is 100 cm³/mol. The van der Waals surface area contributed by atoms with Gasteiger partial charge in [-0.1, -0.05) is 24.3 Å². The Balaban J connectivity index is 1.98. The van der Waals surface area contributed by atoms with E-state index in [1.165, 1.54) is 11.8 Å². The standard InChI is InChI=1S/C18H18N4O2S/c1-10(2)22-17-14(18(24)21-22)16(25-9-13(23)20-17)12-7-3-5-11-6-4-8-19-15(11)12/h3-8,10,16H,9H2,1-2H3,(H,20,23)(H,21,24)/t16-/m0/s1. The number of nitrogens with one attached hydrogen (secondary N) is 2. The molecule has 1 aliphatic heterocycles. The Morgan fingerprint density at radius 1 is 1.24 bits per heavy atom. The number of hydrogen-bond donors (Lipinski definition) is 2. The lowest BCUT2D eigenvalue weighted by atomic mass is 10.0. The highest BCUT2D eigenvalue weighted by molar-refractivity contribution is 8.00. The van der Waals surface area contributed by atoms with Crippen LogP contribution in [0.3, 0.4) is 0 Å². The van der Waals surface area contributed by atoms with Crippen molar-refractivity contribution in [1.29, 1.82) is 0 Å². The van der Waals surface area contributed by atoms with E-state index in [0.29, 0.717) is 17.1 Å². The van der Waals surface area contributed by atoms with E-state index >= 15 is 0 Å². The molecule has 0 bridgehead atoms. The molecule has 3 aromatic rings. The van der Waals surface area contributed by atoms with E-state index in [4.69, 9.17) is 0 Å². The normalized spacial score (nSPS) is 17.4. The Bertz CT molecular complexity index is 1020. The lowest BCUT2D eigenvalue weighted by Gasteiger charge is -2.16. The summed E-state index contributed by atoms with van der Waals surface area (Å²) in [4.78, 5) is 29.4. The van der Waals surface area contributed by atoms with Crippen LogP contribution in [-0.4, -0.2) is 26.4 Å². The number of nitrogens with zero attached hydrogens (tertiary/aromatic N) is 2. The zero-order valence-electron chi connectivity index (χ0n) is 13.9. The molecular weight excluding hydrogens is 336 g/mol. The number of aromatic nitrogens is 3. The number of fused-ring (bicyclic) bond motifs is 2. The summed E-state index contributed by atoms with van der Waals surface area (Å²) in [6.45, 7) is 3.93. The van der Waals surface area contributed by atoms with Crippen LogP contribution in [0.25, 0.3) is 10.9 Å². The second kappa shape index (κ2) is 6.07. The van der Waals surface area contributed by atoms with E-state index in [-0.39, 0.29) is 22.8 Å². The number of thioether (sulfide) groups is 1. The molecule has 2 N–H and O–H groups in total. The Kier molecular flexibility index (Phi) is 3.88. The Morgan fingerprint density at radius 2 is 2.04 bits per heavy atom. The third kappa shape index (κ3) is 2.64. The van der Waals surface area contributed by atoms with Crippen molar-refractivity contribution >= 4 is 34.4 Å². The lowest BCUT2D eigenvalue weighted by Crippen LogP contribution is -2.17. The van der Waals surface area contributed by atoms with Gasteiger partial charge in [-0.3, -0.25) is 24.4 Å². The number of H-pyrrole nitrogens is 1. The van der Waals surface area contributed by atoms with Gasteiger partial charge in [-0.25, -0.2) is 0 Å². The van der Waals surface area contributed by atoms with Crippen LogP contribution in [-0.2, 0) is 4.79 Å². The first-order valence-electron chi connectivity index (χ1n) is 8.15. The number of amides is 1. The molecule has 3 heterocycles. The van der Waals surface area contributed by atoms with Gasteiger partial charge in [0, 0.05) is 17.6 Å². The minimum atomic E-state index is -0.253. The number of carbonyl (C=O) groups is 1. The summed E-state index contributed by atoms with van der Waals surface area (Å²) in [7, 11) is 0. The van der Waals surface area contributed by atoms with Crippen LogP contribution < -0.4 is 10.9 Å². The topological polar surface area (TPSA) is 79.8 Å². The van der Waals surface area contributed by atoms with Crippen molar-refractivity contribution < 1.29 is 4.79 Å². The zero-order valence-corrected chi connectivity index (χ0v) is 14.8. The molecule has 1 aromatic carbocycles. The molecule has 0 saturated heterocycles. The summed E-state index contributed by atoms with van der Waals surface area (Å²) in [6, 6.07) is 9.88. The highest BCUT2D eigenvalue weighted by atomic mass is 32.2. The van der Waals surface area contributed by atoms with Gasteiger partial charge in [-0.2, -0.15) is 0 Å². The molecule has 0 unspecified atom stereocenters. The summed E-state index contributed by atoms with van der Waals surface area (Å²) in [5.74, 6) is 0.753. The average Bonchev–Trinajstić information content (AvgIpc) is 2.82. The highest BCUT2D eigenvalue weighted by Crippen LogP contribution is 2.42. The van der Waals surface area contributed by atoms with Crippen molar-refractivity contribution in [3.63, 3.8) is 0 Å². The maximum absolute atomic E-state index is 12.7. The van der Waals surface area contributed by atoms with E-state index in [9.17, 15) is 9.59 Å². The first-order valence-corrected chi connectivity index (χ1v) is 9.20. The van der Waals surface area contributed by atoms with Crippen LogP contribution in [0.5, 0.6) is 0 Å². The van der Waals surface area contributed by atoms with E-state index < -0.39 is 0 Å². The second-order valence-electron chi connectivity index (χ2n) is 6.33. The van der Waals surface area contributed by atoms with Crippen molar-refractivity contribution in [1.82, 2.24) is 14.8 Å². The number of rotatable bonds is 2. The molecule has 0 saturated carbocycles. The number of benzene rings is 1. The minimum Gasteiger partial charge on any atom is -0.310 e. The Labute approximate surface area is 148 Å². The smallest absolute Gasteiger partial charge is 0.270 e. The molecule has 1 aliphatic rings. The molecule has 0 fully saturated rings. The molecule has 0 aliphatic carbocycles. The minimum absolute atomic E-state index is 0.0335. The van der Waals surface area contributed by atoms with Crippen LogP contribution in [0.2, 0.25) is 0 Å². The molecule has 1 atom stereocenters. The van der Waals surface area contributed by atoms with Gasteiger partial charge in [-0.15, -0.1) is 11.8 Å². The molecule has 0 spiro atoms. The SMILES string of the molecule is CC(C)n1[nH]c(=O)c2c1NC(=O)CS[C@H]2c1cccc2cccnc12. The van der Waals surface area contributed by atoms with Crippen molar-refractivity contribution in [2.24, 2.45) is 0 Å². The molecule has 7 heteroatoms. The number of anilines is 1. The maximum atomic E-state index is 12.7. The third-order valence-electron chi connectivity index (χ3n) is 4.33. The van der Waals surface area contributed by atoms with Gasteiger partial charge < -0.3 is 5.32 Å². The molecule has 0 radical (unpaired) electrons. The van der Waals surface area contributed by atoms with Gasteiger partial charge in [0.15, 0.2) is 0 Å². The van der Waals surface area contributed by atoms with E-state index in [2.05, 4.69) is 15.4 Å². The van der Waals surface area contributed by atoms with Gasteiger partial charge >= 0.3 is 0 Å². The van der Waals surface area contributed by atoms with Crippen LogP contribution >= 0.6 is 11.8 Å². The first kappa shape index (κ1) is 16.0. The summed E-state index contributed by atoms with van der Waals surface area (Å²) in [5.41, 5.74) is 2.23. The summed E-state index contributed by atoms with van der Waals surface area (Å²) in [5, 5.41) is 6.52. The van der Waals surface area contributed by atoms with Crippen molar-refractivity contribution in [2.75, 3.05) is 11.1 Å². The number of pyridine rings is 1. The number of para-hydroxylation sites is 1. The van der Waals surface area contributed by atoms with Gasteiger partial charge in [0.1, 0.15) is 5.82 Å². The molecule has 4 rings (SSSR count). The van der Waals surface area contributed by atoms with Crippen LogP contribution in [0.15, 0.2) is 41.3 Å². The van der Waals surface area contributed by atoms with Crippen molar-refractivity contribution in [3.8, 4) is 0 Å². The van der Waals surface area contributed by atoms with Gasteiger partial charge in [0.25, 0.3) is 5.56 Å². The predicted octanol–water partition coefficient (Wildman–Crippen LogP) is 3.08. The lowest BCUT2D eigenvalue weighted by molar-refractivity contribution is -0.113. The third-order valence-corrected chi connectivity index (χ3v) is 5.58. The van der Waals surface area contributed by atoms with E-state index in [0.717, 1.165) is 16.5 Å². The molecular formula is C18H18N4O2S. The monoisotopic (exact) mass is 354 g/mol. The number of carbonyl (C=O) groups excluding carboxylic acids is 1. The Morgan fingerprint density at radius 3 is 2.84 bits per heavy atom. The fourth-order valence-corrected chi connectivity index (χ4v) is 4.36. The molecule has 128 valence electrons. The van der Waals surface area contributed by atoms with Gasteiger partial charge in [0.2, 0.25) is 5.91 Å². The highest BCUT2D eigenvalue weighted by Gasteiger charge is 2.31. The molecule has 25 heavy (non-hydrogen) atoms. The largest absolute Gasteiger partial charge is 0.310 e. The van der Waals surface area contributed by atoms with E-state index in [1.54, 1.807) is 10.9 Å².